The summed E-state index contributed by atoms with van der Waals surface area (Å²) in [5.41, 5.74) is 0.221. The molecule has 0 spiro atoms. The monoisotopic (exact) mass is 232 g/mol. The first-order chi connectivity index (χ1) is 7.44. The maximum Gasteiger partial charge on any atom is 0.287 e. The minimum atomic E-state index is -3.21. The lowest BCUT2D eigenvalue weighted by atomic mass is 10.2. The number of nitro groups is 1. The Morgan fingerprint density at radius 3 is 2.38 bits per heavy atom. The summed E-state index contributed by atoms with van der Waals surface area (Å²) in [4.78, 5) is 9.73. The Balaban J connectivity index is 2.59. The van der Waals surface area contributed by atoms with Crippen LogP contribution in [-0.4, -0.2) is 29.1 Å². The second-order valence-electron chi connectivity index (χ2n) is 3.17. The number of hydrogen-bond acceptors (Lipinski definition) is 4. The van der Waals surface area contributed by atoms with E-state index in [1.54, 1.807) is 0 Å². The number of alkyl halides is 2. The fourth-order valence-corrected chi connectivity index (χ4v) is 0.988. The van der Waals surface area contributed by atoms with Gasteiger partial charge in [0.15, 0.2) is 0 Å². The smallest absolute Gasteiger partial charge is 0.287 e. The number of anilines is 1. The molecule has 0 aliphatic carbocycles. The van der Waals surface area contributed by atoms with Crippen molar-refractivity contribution in [3.05, 3.63) is 34.4 Å². The summed E-state index contributed by atoms with van der Waals surface area (Å²) in [6.07, 6.45) is 0. The molecule has 0 aliphatic heterocycles. The lowest BCUT2D eigenvalue weighted by Crippen LogP contribution is -2.30. The number of hydrogen-bond donors (Lipinski definition) is 2. The van der Waals surface area contributed by atoms with Gasteiger partial charge in [0.05, 0.1) is 11.5 Å². The van der Waals surface area contributed by atoms with E-state index in [0.29, 0.717) is 5.69 Å². The van der Waals surface area contributed by atoms with Gasteiger partial charge in [-0.15, -0.1) is 0 Å². The Bertz CT molecular complexity index is 368. The molecule has 0 saturated heterocycles. The molecule has 0 saturated carbocycles. The van der Waals surface area contributed by atoms with Gasteiger partial charge in [0.1, 0.15) is 6.61 Å². The molecule has 1 aromatic carbocycles. The topological polar surface area (TPSA) is 75.4 Å². The molecule has 88 valence electrons. The van der Waals surface area contributed by atoms with Crippen LogP contribution in [0.4, 0.5) is 20.2 Å². The molecule has 0 atom stereocenters. The third kappa shape index (κ3) is 3.43. The van der Waals surface area contributed by atoms with E-state index in [9.17, 15) is 18.9 Å². The van der Waals surface area contributed by atoms with Crippen molar-refractivity contribution in [3.8, 4) is 0 Å². The van der Waals surface area contributed by atoms with Crippen molar-refractivity contribution in [3.63, 3.8) is 0 Å². The van der Waals surface area contributed by atoms with Gasteiger partial charge in [-0.05, 0) is 12.1 Å². The highest BCUT2D eigenvalue weighted by Gasteiger charge is 2.27. The molecular weight excluding hydrogens is 222 g/mol. The summed E-state index contributed by atoms with van der Waals surface area (Å²) in [6.45, 7) is -1.96. The molecule has 0 radical (unpaired) electrons. The Morgan fingerprint density at radius 2 is 1.94 bits per heavy atom. The van der Waals surface area contributed by atoms with E-state index >= 15 is 0 Å². The number of benzene rings is 1. The van der Waals surface area contributed by atoms with Gasteiger partial charge in [-0.25, -0.2) is 8.78 Å². The number of nitrogens with zero attached hydrogens (tertiary/aromatic N) is 1. The molecule has 1 aromatic rings. The third-order valence-corrected chi connectivity index (χ3v) is 1.86. The van der Waals surface area contributed by atoms with Crippen molar-refractivity contribution in [2.45, 2.75) is 5.92 Å². The SMILES string of the molecule is O=[N+]([O-])c1ccc(NCC(F)(F)CO)cc1. The fourth-order valence-electron chi connectivity index (χ4n) is 0.988. The van der Waals surface area contributed by atoms with Gasteiger partial charge in [0.2, 0.25) is 0 Å². The van der Waals surface area contributed by atoms with Gasteiger partial charge in [-0.2, -0.15) is 0 Å². The zero-order valence-electron chi connectivity index (χ0n) is 8.19. The maximum atomic E-state index is 12.6. The molecule has 0 heterocycles. The molecule has 0 amide bonds. The van der Waals surface area contributed by atoms with E-state index < -0.39 is 24.0 Å². The van der Waals surface area contributed by atoms with Gasteiger partial charge >= 0.3 is 0 Å². The zero-order valence-corrected chi connectivity index (χ0v) is 8.19. The third-order valence-electron chi connectivity index (χ3n) is 1.86. The van der Waals surface area contributed by atoms with Gasteiger partial charge in [-0.3, -0.25) is 10.1 Å². The van der Waals surface area contributed by atoms with E-state index in [2.05, 4.69) is 5.32 Å². The fraction of sp³-hybridized carbons (Fsp3) is 0.333. The minimum Gasteiger partial charge on any atom is -0.390 e. The molecular formula is C9H10F2N2O3. The second kappa shape index (κ2) is 4.84. The van der Waals surface area contributed by atoms with Crippen LogP contribution in [0.15, 0.2) is 24.3 Å². The Hall–Kier alpha value is -1.76. The first-order valence-electron chi connectivity index (χ1n) is 4.41. The molecule has 16 heavy (non-hydrogen) atoms. The lowest BCUT2D eigenvalue weighted by Gasteiger charge is -2.14. The highest BCUT2D eigenvalue weighted by molar-refractivity contribution is 5.48. The number of nitrogens with one attached hydrogen (secondary N) is 1. The van der Waals surface area contributed by atoms with Crippen molar-refractivity contribution in [1.29, 1.82) is 0 Å². The van der Waals surface area contributed by atoms with Gasteiger partial charge in [0.25, 0.3) is 11.6 Å². The molecule has 7 heteroatoms. The molecule has 0 aromatic heterocycles. The summed E-state index contributed by atoms with van der Waals surface area (Å²) in [7, 11) is 0. The molecule has 0 unspecified atom stereocenters. The molecule has 0 fully saturated rings. The average Bonchev–Trinajstić information content (AvgIpc) is 2.27. The van der Waals surface area contributed by atoms with Crippen molar-refractivity contribution in [2.75, 3.05) is 18.5 Å². The van der Waals surface area contributed by atoms with E-state index in [1.165, 1.54) is 24.3 Å². The standard InChI is InChI=1S/C9H10F2N2O3/c10-9(11,6-14)5-12-7-1-3-8(4-2-7)13(15)16/h1-4,12,14H,5-6H2. The molecule has 0 bridgehead atoms. The zero-order chi connectivity index (χ0) is 12.2. The average molecular weight is 232 g/mol. The summed E-state index contributed by atoms with van der Waals surface area (Å²) in [5, 5.41) is 21.0. The number of halogens is 2. The molecule has 2 N–H and O–H groups in total. The summed E-state index contributed by atoms with van der Waals surface area (Å²) >= 11 is 0. The van der Waals surface area contributed by atoms with Crippen LogP contribution in [0.2, 0.25) is 0 Å². The summed E-state index contributed by atoms with van der Waals surface area (Å²) in [5.74, 6) is -3.21. The Morgan fingerprint density at radius 1 is 1.38 bits per heavy atom. The van der Waals surface area contributed by atoms with E-state index in [1.807, 2.05) is 0 Å². The van der Waals surface area contributed by atoms with Crippen LogP contribution in [0, 0.1) is 10.1 Å². The predicted molar refractivity (Wildman–Crippen MR) is 53.6 cm³/mol. The Kier molecular flexibility index (Phi) is 3.73. The number of rotatable bonds is 5. The highest BCUT2D eigenvalue weighted by Crippen LogP contribution is 2.18. The number of aliphatic hydroxyl groups is 1. The second-order valence-corrected chi connectivity index (χ2v) is 3.17. The predicted octanol–water partition coefficient (Wildman–Crippen LogP) is 1.63. The quantitative estimate of drug-likeness (QED) is 0.597. The van der Waals surface area contributed by atoms with Crippen molar-refractivity contribution in [1.82, 2.24) is 0 Å². The molecule has 1 rings (SSSR count). The van der Waals surface area contributed by atoms with Gasteiger partial charge in [0, 0.05) is 17.8 Å². The van der Waals surface area contributed by atoms with Crippen LogP contribution in [0.25, 0.3) is 0 Å². The van der Waals surface area contributed by atoms with Gasteiger partial charge in [-0.1, -0.05) is 0 Å². The van der Waals surface area contributed by atoms with Crippen LogP contribution >= 0.6 is 0 Å². The summed E-state index contributed by atoms with van der Waals surface area (Å²) in [6, 6.07) is 5.07. The van der Waals surface area contributed by atoms with Crippen LogP contribution < -0.4 is 5.32 Å². The van der Waals surface area contributed by atoms with Crippen molar-refractivity contribution in [2.24, 2.45) is 0 Å². The van der Waals surface area contributed by atoms with Gasteiger partial charge < -0.3 is 10.4 Å². The van der Waals surface area contributed by atoms with Crippen LogP contribution in [0.1, 0.15) is 0 Å². The first-order valence-corrected chi connectivity index (χ1v) is 4.41. The van der Waals surface area contributed by atoms with Crippen molar-refractivity contribution >= 4 is 11.4 Å². The lowest BCUT2D eigenvalue weighted by molar-refractivity contribution is -0.384. The van der Waals surface area contributed by atoms with E-state index in [0.717, 1.165) is 0 Å². The largest absolute Gasteiger partial charge is 0.390 e. The maximum absolute atomic E-state index is 12.6. The van der Waals surface area contributed by atoms with Crippen LogP contribution in [0.3, 0.4) is 0 Å². The number of aliphatic hydroxyl groups excluding tert-OH is 1. The van der Waals surface area contributed by atoms with E-state index in [4.69, 9.17) is 5.11 Å². The first kappa shape index (κ1) is 12.3. The van der Waals surface area contributed by atoms with E-state index in [-0.39, 0.29) is 5.69 Å². The van der Waals surface area contributed by atoms with Crippen LogP contribution in [-0.2, 0) is 0 Å². The summed E-state index contributed by atoms with van der Waals surface area (Å²) < 4.78 is 25.3. The number of non-ortho nitro benzene ring substituents is 1. The highest BCUT2D eigenvalue weighted by atomic mass is 19.3. The van der Waals surface area contributed by atoms with Crippen molar-refractivity contribution < 1.29 is 18.8 Å². The van der Waals surface area contributed by atoms with Crippen LogP contribution in [0.5, 0.6) is 0 Å². The minimum absolute atomic E-state index is 0.112. The molecule has 5 nitrogen and oxygen atoms in total. The Labute approximate surface area is 89.9 Å². The normalized spacial score (nSPS) is 11.2. The molecule has 0 aliphatic rings. The number of nitro benzene ring substituents is 1.